The van der Waals surface area contributed by atoms with Crippen molar-refractivity contribution < 1.29 is 9.84 Å². The maximum absolute atomic E-state index is 10.3. The summed E-state index contributed by atoms with van der Waals surface area (Å²) in [6.07, 6.45) is 8.65. The van der Waals surface area contributed by atoms with Gasteiger partial charge in [0, 0.05) is 32.4 Å². The van der Waals surface area contributed by atoms with Gasteiger partial charge in [0.2, 0.25) is 5.95 Å². The number of rotatable bonds is 4. The van der Waals surface area contributed by atoms with Crippen molar-refractivity contribution in [1.82, 2.24) is 15.0 Å². The number of nitrogens with two attached hydrogens (primary N) is 1. The molecule has 4 rings (SSSR count). The van der Waals surface area contributed by atoms with Gasteiger partial charge in [-0.05, 0) is 38.0 Å². The molecule has 1 aliphatic carbocycles. The van der Waals surface area contributed by atoms with Gasteiger partial charge in [-0.3, -0.25) is 0 Å². The lowest BCUT2D eigenvalue weighted by atomic mass is 9.93. The Bertz CT molecular complexity index is 824. The smallest absolute Gasteiger partial charge is 0.223 e. The fourth-order valence-corrected chi connectivity index (χ4v) is 4.22. The monoisotopic (exact) mass is 386 g/mol. The molecule has 152 valence electrons. The molecule has 1 aliphatic heterocycles. The van der Waals surface area contributed by atoms with Crippen molar-refractivity contribution in [3.8, 4) is 0 Å². The van der Waals surface area contributed by atoms with Crippen LogP contribution in [0.1, 0.15) is 39.0 Å². The molecule has 0 spiro atoms. The average molecular weight is 387 g/mol. The van der Waals surface area contributed by atoms with E-state index in [-0.39, 0.29) is 6.10 Å². The third-order valence-corrected chi connectivity index (χ3v) is 6.23. The number of fused-ring (bicyclic) bond motifs is 1. The summed E-state index contributed by atoms with van der Waals surface area (Å²) in [6.45, 7) is 3.53. The molecule has 0 amide bonds. The van der Waals surface area contributed by atoms with Crippen LogP contribution in [0.2, 0.25) is 0 Å². The Morgan fingerprint density at radius 3 is 2.68 bits per heavy atom. The normalized spacial score (nSPS) is 28.5. The van der Waals surface area contributed by atoms with Gasteiger partial charge in [0.25, 0.3) is 0 Å². The predicted octanol–water partition coefficient (Wildman–Crippen LogP) is 2.18. The van der Waals surface area contributed by atoms with Gasteiger partial charge in [-0.1, -0.05) is 6.92 Å². The van der Waals surface area contributed by atoms with Gasteiger partial charge in [0.05, 0.1) is 29.5 Å². The zero-order valence-electron chi connectivity index (χ0n) is 16.6. The van der Waals surface area contributed by atoms with Crippen LogP contribution >= 0.6 is 0 Å². The number of hydrogen-bond donors (Lipinski definition) is 3. The summed E-state index contributed by atoms with van der Waals surface area (Å²) < 4.78 is 5.45. The lowest BCUT2D eigenvalue weighted by Gasteiger charge is -2.36. The Morgan fingerprint density at radius 2 is 1.96 bits per heavy atom. The predicted molar refractivity (Wildman–Crippen MR) is 110 cm³/mol. The first kappa shape index (κ1) is 19.1. The number of hydrogen-bond acceptors (Lipinski definition) is 8. The second kappa shape index (κ2) is 8.05. The fourth-order valence-electron chi connectivity index (χ4n) is 4.22. The van der Waals surface area contributed by atoms with Crippen molar-refractivity contribution in [2.45, 2.75) is 57.3 Å². The van der Waals surface area contributed by atoms with Crippen molar-refractivity contribution in [1.29, 1.82) is 0 Å². The Kier molecular flexibility index (Phi) is 5.50. The minimum Gasteiger partial charge on any atom is -0.391 e. The standard InChI is InChI=1S/C20H30N6O2/c1-12-7-8-26(11-17(12)27)16-10-22-19(21)15-9-23-20(25-18(15)16)24-13-3-5-14(28-2)6-4-13/h9-10,12-14,17,27H,3-8,11H2,1-2H3,(H2,21,22)(H,23,24,25). The van der Waals surface area contributed by atoms with Gasteiger partial charge in [0.1, 0.15) is 11.3 Å². The number of nitrogen functional groups attached to an aromatic ring is 1. The van der Waals surface area contributed by atoms with Gasteiger partial charge in [-0.2, -0.15) is 0 Å². The summed E-state index contributed by atoms with van der Waals surface area (Å²) in [5.41, 5.74) is 7.77. The molecule has 8 heteroatoms. The van der Waals surface area contributed by atoms with E-state index in [1.54, 1.807) is 19.5 Å². The molecular formula is C20H30N6O2. The highest BCUT2D eigenvalue weighted by molar-refractivity contribution is 5.96. The first-order chi connectivity index (χ1) is 13.5. The lowest BCUT2D eigenvalue weighted by molar-refractivity contribution is 0.0681. The SMILES string of the molecule is COC1CCC(Nc2ncc3c(N)ncc(N4CCC(C)C(O)C4)c3n2)CC1. The molecule has 1 saturated heterocycles. The number of nitrogens with one attached hydrogen (secondary N) is 1. The van der Waals surface area contributed by atoms with E-state index < -0.39 is 0 Å². The van der Waals surface area contributed by atoms with E-state index in [9.17, 15) is 5.11 Å². The molecule has 0 radical (unpaired) electrons. The first-order valence-corrected chi connectivity index (χ1v) is 10.2. The van der Waals surface area contributed by atoms with Crippen LogP contribution in [0.25, 0.3) is 10.9 Å². The second-order valence-corrected chi connectivity index (χ2v) is 8.12. The molecule has 28 heavy (non-hydrogen) atoms. The van der Waals surface area contributed by atoms with Gasteiger partial charge < -0.3 is 25.8 Å². The van der Waals surface area contributed by atoms with E-state index in [0.717, 1.165) is 55.2 Å². The van der Waals surface area contributed by atoms with Crippen molar-refractivity contribution in [2.24, 2.45) is 5.92 Å². The molecule has 0 bridgehead atoms. The number of pyridine rings is 1. The molecule has 2 fully saturated rings. The van der Waals surface area contributed by atoms with Crippen LogP contribution in [0.3, 0.4) is 0 Å². The van der Waals surface area contributed by atoms with Crippen molar-refractivity contribution in [2.75, 3.05) is 36.1 Å². The van der Waals surface area contributed by atoms with Crippen molar-refractivity contribution in [3.05, 3.63) is 12.4 Å². The highest BCUT2D eigenvalue weighted by Gasteiger charge is 2.27. The quantitative estimate of drug-likeness (QED) is 0.734. The number of piperidine rings is 1. The van der Waals surface area contributed by atoms with Crippen LogP contribution in [-0.4, -0.2) is 58.5 Å². The number of anilines is 3. The maximum Gasteiger partial charge on any atom is 0.223 e. The number of aliphatic hydroxyl groups excluding tert-OH is 1. The molecule has 2 unspecified atom stereocenters. The molecule has 4 N–H and O–H groups in total. The van der Waals surface area contributed by atoms with E-state index in [1.165, 1.54) is 0 Å². The Balaban J connectivity index is 1.59. The third kappa shape index (κ3) is 3.84. The number of β-amino-alcohol motifs (C(OH)–C–C–N with tert-alkyl or cyclic N) is 1. The largest absolute Gasteiger partial charge is 0.391 e. The molecule has 2 atom stereocenters. The van der Waals surface area contributed by atoms with E-state index in [0.29, 0.717) is 36.4 Å². The number of ether oxygens (including phenoxy) is 1. The van der Waals surface area contributed by atoms with Crippen LogP contribution in [-0.2, 0) is 4.74 Å². The zero-order valence-corrected chi connectivity index (χ0v) is 16.6. The fraction of sp³-hybridized carbons (Fsp3) is 0.650. The van der Waals surface area contributed by atoms with Crippen molar-refractivity contribution in [3.63, 3.8) is 0 Å². The highest BCUT2D eigenvalue weighted by Crippen LogP contribution is 2.31. The summed E-state index contributed by atoms with van der Waals surface area (Å²) in [5, 5.41) is 14.5. The third-order valence-electron chi connectivity index (χ3n) is 6.23. The van der Waals surface area contributed by atoms with Crippen LogP contribution in [0, 0.1) is 5.92 Å². The summed E-state index contributed by atoms with van der Waals surface area (Å²) in [4.78, 5) is 15.7. The van der Waals surface area contributed by atoms with Crippen LogP contribution < -0.4 is 16.0 Å². The Labute approximate surface area is 165 Å². The summed E-state index contributed by atoms with van der Waals surface area (Å²) in [7, 11) is 1.78. The highest BCUT2D eigenvalue weighted by atomic mass is 16.5. The number of aliphatic hydroxyl groups is 1. The van der Waals surface area contributed by atoms with Gasteiger partial charge >= 0.3 is 0 Å². The summed E-state index contributed by atoms with van der Waals surface area (Å²) >= 11 is 0. The van der Waals surface area contributed by atoms with Crippen LogP contribution in [0.4, 0.5) is 17.5 Å². The molecule has 2 aliphatic rings. The second-order valence-electron chi connectivity index (χ2n) is 8.12. The van der Waals surface area contributed by atoms with E-state index in [1.807, 2.05) is 0 Å². The van der Waals surface area contributed by atoms with E-state index in [4.69, 9.17) is 15.5 Å². The first-order valence-electron chi connectivity index (χ1n) is 10.2. The number of nitrogens with zero attached hydrogens (tertiary/aromatic N) is 4. The molecular weight excluding hydrogens is 356 g/mol. The summed E-state index contributed by atoms with van der Waals surface area (Å²) in [6, 6.07) is 0.351. The Morgan fingerprint density at radius 1 is 1.18 bits per heavy atom. The van der Waals surface area contributed by atoms with Crippen LogP contribution in [0.15, 0.2) is 12.4 Å². The van der Waals surface area contributed by atoms with Gasteiger partial charge in [-0.25, -0.2) is 15.0 Å². The molecule has 2 aromatic heterocycles. The van der Waals surface area contributed by atoms with Crippen molar-refractivity contribution >= 4 is 28.4 Å². The van der Waals surface area contributed by atoms with E-state index in [2.05, 4.69) is 27.1 Å². The molecule has 1 saturated carbocycles. The van der Waals surface area contributed by atoms with Gasteiger partial charge in [-0.15, -0.1) is 0 Å². The maximum atomic E-state index is 10.3. The molecule has 0 aromatic carbocycles. The zero-order chi connectivity index (χ0) is 19.7. The van der Waals surface area contributed by atoms with E-state index >= 15 is 0 Å². The Hall–Kier alpha value is -2.19. The minimum atomic E-state index is -0.350. The number of methoxy groups -OCH3 is 1. The average Bonchev–Trinajstić information content (AvgIpc) is 2.71. The number of aromatic nitrogens is 3. The summed E-state index contributed by atoms with van der Waals surface area (Å²) in [5.74, 6) is 1.35. The molecule has 2 aromatic rings. The van der Waals surface area contributed by atoms with Crippen LogP contribution in [0.5, 0.6) is 0 Å². The molecule has 3 heterocycles. The van der Waals surface area contributed by atoms with Gasteiger partial charge in [0.15, 0.2) is 0 Å². The molecule has 8 nitrogen and oxygen atoms in total. The lowest BCUT2D eigenvalue weighted by Crippen LogP contribution is -2.43. The minimum absolute atomic E-state index is 0.304. The topological polar surface area (TPSA) is 109 Å².